The number of hydrogen-bond acceptors (Lipinski definition) is 3. The first kappa shape index (κ1) is 18.5. The van der Waals surface area contributed by atoms with E-state index in [2.05, 4.69) is 17.4 Å². The van der Waals surface area contributed by atoms with Gasteiger partial charge in [-0.05, 0) is 49.4 Å². The van der Waals surface area contributed by atoms with Gasteiger partial charge in [-0.1, -0.05) is 42.0 Å². The van der Waals surface area contributed by atoms with Crippen molar-refractivity contribution in [2.24, 2.45) is 0 Å². The van der Waals surface area contributed by atoms with E-state index in [0.29, 0.717) is 5.69 Å². The third-order valence-corrected chi connectivity index (χ3v) is 5.86. The molecule has 0 saturated carbocycles. The number of nitrogens with zero attached hydrogens (tertiary/aromatic N) is 1. The Morgan fingerprint density at radius 1 is 1.12 bits per heavy atom. The lowest BCUT2D eigenvalue weighted by molar-refractivity contribution is -0.120. The molecule has 0 fully saturated rings. The zero-order chi connectivity index (χ0) is 18.7. The Labute approximate surface area is 155 Å². The van der Waals surface area contributed by atoms with Crippen LogP contribution in [0.25, 0.3) is 0 Å². The molecular weight excluding hydrogens is 348 g/mol. The summed E-state index contributed by atoms with van der Waals surface area (Å²) in [5.74, 6) is -0.277. The fourth-order valence-electron chi connectivity index (χ4n) is 3.34. The minimum absolute atomic E-state index is 0.0387. The summed E-state index contributed by atoms with van der Waals surface area (Å²) in [6.45, 7) is 1.72. The summed E-state index contributed by atoms with van der Waals surface area (Å²) < 4.78 is 25.5. The number of fused-ring (bicyclic) bond motifs is 1. The van der Waals surface area contributed by atoms with Crippen LogP contribution >= 0.6 is 0 Å². The molecule has 0 aliphatic heterocycles. The second kappa shape index (κ2) is 7.50. The molecule has 1 atom stereocenters. The quantitative estimate of drug-likeness (QED) is 0.877. The van der Waals surface area contributed by atoms with Gasteiger partial charge in [-0.3, -0.25) is 9.10 Å². The lowest BCUT2D eigenvalue weighted by atomic mass is 9.88. The summed E-state index contributed by atoms with van der Waals surface area (Å²) in [5.41, 5.74) is 4.12. The standard InChI is InChI=1S/C20H24N2O3S/c1-15-7-11-19(12-8-15)22(26(2,24)25)14-20(23)21-18-10-9-16-5-3-4-6-17(16)13-18/h3-8,11-12,18H,9-10,13-14H2,1-2H3,(H,21,23)/t18-/m0/s1. The SMILES string of the molecule is Cc1ccc(N(CC(=O)N[C@H]2CCc3ccccc3C2)S(C)(=O)=O)cc1. The van der Waals surface area contributed by atoms with Gasteiger partial charge in [0.05, 0.1) is 11.9 Å². The van der Waals surface area contributed by atoms with E-state index in [-0.39, 0.29) is 18.5 Å². The Hall–Kier alpha value is -2.34. The van der Waals surface area contributed by atoms with Crippen LogP contribution in [0.2, 0.25) is 0 Å². The van der Waals surface area contributed by atoms with Crippen molar-refractivity contribution in [1.29, 1.82) is 0 Å². The molecule has 6 heteroatoms. The van der Waals surface area contributed by atoms with Gasteiger partial charge in [-0.2, -0.15) is 0 Å². The van der Waals surface area contributed by atoms with Crippen LogP contribution in [0.4, 0.5) is 5.69 Å². The van der Waals surface area contributed by atoms with E-state index in [0.717, 1.165) is 35.4 Å². The monoisotopic (exact) mass is 372 g/mol. The summed E-state index contributed by atoms with van der Waals surface area (Å²) in [4.78, 5) is 12.5. The normalized spacial score (nSPS) is 16.6. The summed E-state index contributed by atoms with van der Waals surface area (Å²) in [6.07, 6.45) is 3.70. The van der Waals surface area contributed by atoms with Gasteiger partial charge < -0.3 is 5.32 Å². The summed E-state index contributed by atoms with van der Waals surface area (Å²) in [6, 6.07) is 15.4. The number of nitrogens with one attached hydrogen (secondary N) is 1. The summed E-state index contributed by atoms with van der Waals surface area (Å²) in [7, 11) is -3.54. The number of benzene rings is 2. The molecule has 0 unspecified atom stereocenters. The van der Waals surface area contributed by atoms with E-state index in [1.807, 2.05) is 31.2 Å². The fourth-order valence-corrected chi connectivity index (χ4v) is 4.19. The number of carbonyl (C=O) groups is 1. The van der Waals surface area contributed by atoms with Gasteiger partial charge in [0.1, 0.15) is 6.54 Å². The maximum absolute atomic E-state index is 12.5. The molecule has 0 spiro atoms. The van der Waals surface area contributed by atoms with Crippen LogP contribution < -0.4 is 9.62 Å². The molecule has 1 aliphatic carbocycles. The van der Waals surface area contributed by atoms with Gasteiger partial charge in [-0.15, -0.1) is 0 Å². The molecule has 1 N–H and O–H groups in total. The predicted octanol–water partition coefficient (Wildman–Crippen LogP) is 2.43. The summed E-state index contributed by atoms with van der Waals surface area (Å²) in [5, 5.41) is 3.00. The van der Waals surface area contributed by atoms with Crippen molar-refractivity contribution in [1.82, 2.24) is 5.32 Å². The van der Waals surface area contributed by atoms with Crippen molar-refractivity contribution in [3.63, 3.8) is 0 Å². The predicted molar refractivity (Wildman–Crippen MR) is 104 cm³/mol. The van der Waals surface area contributed by atoms with E-state index in [4.69, 9.17) is 0 Å². The Balaban J connectivity index is 1.68. The third kappa shape index (κ3) is 4.43. The highest BCUT2D eigenvalue weighted by Gasteiger charge is 2.24. The third-order valence-electron chi connectivity index (χ3n) is 4.72. The lowest BCUT2D eigenvalue weighted by Crippen LogP contribution is -2.45. The molecule has 2 aromatic carbocycles. The second-order valence-corrected chi connectivity index (χ2v) is 8.79. The van der Waals surface area contributed by atoms with Crippen molar-refractivity contribution in [2.75, 3.05) is 17.1 Å². The van der Waals surface area contributed by atoms with Crippen molar-refractivity contribution >= 4 is 21.6 Å². The zero-order valence-electron chi connectivity index (χ0n) is 15.1. The number of carbonyl (C=O) groups excluding carboxylic acids is 1. The van der Waals surface area contributed by atoms with Gasteiger partial charge in [-0.25, -0.2) is 8.42 Å². The molecule has 0 saturated heterocycles. The Bertz CT molecular complexity index is 892. The van der Waals surface area contributed by atoms with Crippen LogP contribution in [0.5, 0.6) is 0 Å². The van der Waals surface area contributed by atoms with Crippen LogP contribution in [0.15, 0.2) is 48.5 Å². The number of amides is 1. The average Bonchev–Trinajstić information content (AvgIpc) is 2.59. The minimum Gasteiger partial charge on any atom is -0.351 e. The first-order valence-electron chi connectivity index (χ1n) is 8.73. The molecular formula is C20H24N2O3S. The molecule has 5 nitrogen and oxygen atoms in total. The smallest absolute Gasteiger partial charge is 0.241 e. The largest absolute Gasteiger partial charge is 0.351 e. The lowest BCUT2D eigenvalue weighted by Gasteiger charge is -2.27. The number of rotatable bonds is 5. The van der Waals surface area contributed by atoms with E-state index in [9.17, 15) is 13.2 Å². The number of aryl methyl sites for hydroxylation is 2. The van der Waals surface area contributed by atoms with E-state index in [1.54, 1.807) is 12.1 Å². The number of sulfonamides is 1. The van der Waals surface area contributed by atoms with Crippen molar-refractivity contribution in [3.05, 3.63) is 65.2 Å². The van der Waals surface area contributed by atoms with Crippen LogP contribution in [-0.4, -0.2) is 33.2 Å². The fraction of sp³-hybridized carbons (Fsp3) is 0.350. The first-order chi connectivity index (χ1) is 12.3. The molecule has 1 aliphatic rings. The van der Waals surface area contributed by atoms with Gasteiger partial charge in [0.25, 0.3) is 0 Å². The van der Waals surface area contributed by atoms with Gasteiger partial charge in [0.2, 0.25) is 15.9 Å². The maximum atomic E-state index is 12.5. The van der Waals surface area contributed by atoms with Crippen molar-refractivity contribution < 1.29 is 13.2 Å². The number of anilines is 1. The van der Waals surface area contributed by atoms with Gasteiger partial charge in [0, 0.05) is 6.04 Å². The molecule has 0 aromatic heterocycles. The average molecular weight is 372 g/mol. The highest BCUT2D eigenvalue weighted by molar-refractivity contribution is 7.92. The molecule has 2 aromatic rings. The van der Waals surface area contributed by atoms with E-state index < -0.39 is 10.0 Å². The van der Waals surface area contributed by atoms with Crippen LogP contribution in [-0.2, 0) is 27.7 Å². The molecule has 0 heterocycles. The Morgan fingerprint density at radius 2 is 1.77 bits per heavy atom. The molecule has 26 heavy (non-hydrogen) atoms. The first-order valence-corrected chi connectivity index (χ1v) is 10.6. The molecule has 0 radical (unpaired) electrons. The van der Waals surface area contributed by atoms with Crippen LogP contribution in [0, 0.1) is 6.92 Å². The second-order valence-electron chi connectivity index (χ2n) is 6.88. The van der Waals surface area contributed by atoms with Gasteiger partial charge >= 0.3 is 0 Å². The highest BCUT2D eigenvalue weighted by Crippen LogP contribution is 2.21. The number of hydrogen-bond donors (Lipinski definition) is 1. The van der Waals surface area contributed by atoms with Crippen molar-refractivity contribution in [3.8, 4) is 0 Å². The molecule has 3 rings (SSSR count). The maximum Gasteiger partial charge on any atom is 0.241 e. The van der Waals surface area contributed by atoms with Gasteiger partial charge in [0.15, 0.2) is 0 Å². The zero-order valence-corrected chi connectivity index (χ0v) is 15.9. The summed E-state index contributed by atoms with van der Waals surface area (Å²) >= 11 is 0. The molecule has 1 amide bonds. The van der Waals surface area contributed by atoms with E-state index in [1.165, 1.54) is 11.1 Å². The van der Waals surface area contributed by atoms with Crippen molar-refractivity contribution in [2.45, 2.75) is 32.2 Å². The highest BCUT2D eigenvalue weighted by atomic mass is 32.2. The molecule has 0 bridgehead atoms. The molecule has 138 valence electrons. The van der Waals surface area contributed by atoms with Crippen LogP contribution in [0.3, 0.4) is 0 Å². The topological polar surface area (TPSA) is 66.5 Å². The van der Waals surface area contributed by atoms with E-state index >= 15 is 0 Å². The Kier molecular flexibility index (Phi) is 5.32. The Morgan fingerprint density at radius 3 is 2.42 bits per heavy atom. The van der Waals surface area contributed by atoms with Crippen LogP contribution in [0.1, 0.15) is 23.1 Å². The minimum atomic E-state index is -3.54.